The molecular formula is C14H18N5Na4O11P. The third-order valence-electron chi connectivity index (χ3n) is 4.36. The second-order valence-electron chi connectivity index (χ2n) is 6.51. The monoisotopic (exact) mass is 555 g/mol. The Morgan fingerprint density at radius 3 is 2.29 bits per heavy atom. The van der Waals surface area contributed by atoms with E-state index in [2.05, 4.69) is 24.8 Å². The van der Waals surface area contributed by atoms with E-state index < -0.39 is 63.4 Å². The van der Waals surface area contributed by atoms with E-state index in [1.54, 1.807) is 0 Å². The van der Waals surface area contributed by atoms with Crippen molar-refractivity contribution in [3.63, 3.8) is 0 Å². The molecule has 1 saturated heterocycles. The third-order valence-corrected chi connectivity index (χ3v) is 4.85. The van der Waals surface area contributed by atoms with Gasteiger partial charge in [0.1, 0.15) is 30.7 Å². The molecule has 1 aliphatic rings. The van der Waals surface area contributed by atoms with Crippen molar-refractivity contribution in [3.05, 3.63) is 12.7 Å². The van der Waals surface area contributed by atoms with Gasteiger partial charge in [0.05, 0.1) is 19.4 Å². The molecule has 4 radical (unpaired) electrons. The van der Waals surface area contributed by atoms with Crippen LogP contribution in [0, 0.1) is 0 Å². The fourth-order valence-corrected chi connectivity index (χ4v) is 3.29. The maximum atomic E-state index is 11.3. The van der Waals surface area contributed by atoms with E-state index in [1.165, 1.54) is 4.57 Å². The number of carboxylic acids is 2. The smallest absolute Gasteiger partial charge is 0.469 e. The van der Waals surface area contributed by atoms with Crippen LogP contribution in [-0.4, -0.2) is 211 Å². The number of aliphatic hydroxyl groups excluding tert-OH is 2. The van der Waals surface area contributed by atoms with E-state index in [0.29, 0.717) is 0 Å². The van der Waals surface area contributed by atoms with Gasteiger partial charge in [-0.05, 0) is 0 Å². The van der Waals surface area contributed by atoms with Crippen molar-refractivity contribution in [1.29, 1.82) is 0 Å². The van der Waals surface area contributed by atoms with Crippen LogP contribution >= 0.6 is 7.82 Å². The van der Waals surface area contributed by atoms with Crippen LogP contribution in [0.5, 0.6) is 0 Å². The second kappa shape index (κ2) is 16.4. The number of imidazole rings is 1. The number of aromatic nitrogens is 4. The summed E-state index contributed by atoms with van der Waals surface area (Å²) in [6.45, 7) is -0.705. The summed E-state index contributed by atoms with van der Waals surface area (Å²) in [6, 6.07) is -1.51. The van der Waals surface area contributed by atoms with Crippen LogP contribution in [0.15, 0.2) is 12.7 Å². The number of phosphoric acid groups is 1. The van der Waals surface area contributed by atoms with Gasteiger partial charge in [0, 0.05) is 118 Å². The zero-order valence-corrected chi connectivity index (χ0v) is 28.3. The van der Waals surface area contributed by atoms with Crippen LogP contribution in [0.3, 0.4) is 0 Å². The number of ether oxygens (including phenoxy) is 1. The van der Waals surface area contributed by atoms with Gasteiger partial charge in [-0.3, -0.25) is 13.9 Å². The molecule has 2 aromatic heterocycles. The second-order valence-corrected chi connectivity index (χ2v) is 7.75. The van der Waals surface area contributed by atoms with Crippen LogP contribution in [-0.2, 0) is 23.4 Å². The quantitative estimate of drug-likeness (QED) is 0.117. The van der Waals surface area contributed by atoms with E-state index in [0.717, 1.165) is 12.7 Å². The molecule has 0 amide bonds. The average Bonchev–Trinajstić information content (AvgIpc) is 3.21. The standard InChI is InChI=1S/C14H18N5O11P.4Na/c20-7(21)1-5(14(24)25)18-11-8-12(16-3-15-11)19(4-17-8)13-10(23)9(22)6(30-13)2-29-31(26,27)28;;;;/h3-6,9-10,13,22-23H,1-2H2,(H,20,21)(H,24,25)(H,15,16,18)(H2,26,27,28);;;;/t5-,6+,9+,10+,13+;;;;/m0..../s1. The fourth-order valence-electron chi connectivity index (χ4n) is 2.95. The number of carbonyl (C=O) groups is 2. The van der Waals surface area contributed by atoms with Crippen LogP contribution in [0.4, 0.5) is 5.82 Å². The molecule has 1 aliphatic heterocycles. The minimum Gasteiger partial charge on any atom is -0.481 e. The van der Waals surface area contributed by atoms with E-state index in [9.17, 15) is 29.5 Å². The first-order valence-corrected chi connectivity index (χ1v) is 10.1. The molecule has 0 aromatic carbocycles. The Kier molecular flexibility index (Phi) is 18.0. The SMILES string of the molecule is O=C(O)C[C@H](Nc1ncnc2c1ncn2[C@@H]1O[C@H](COP(=O)(O)O)[C@@H](O)[C@H]1O)C(=O)O.[Na].[Na].[Na].[Na]. The molecule has 35 heavy (non-hydrogen) atoms. The first-order chi connectivity index (χ1) is 14.5. The summed E-state index contributed by atoms with van der Waals surface area (Å²) >= 11 is 0. The average molecular weight is 555 g/mol. The predicted molar refractivity (Wildman–Crippen MR) is 120 cm³/mol. The fraction of sp³-hybridized carbons (Fsp3) is 0.500. The number of aliphatic carboxylic acids is 2. The van der Waals surface area contributed by atoms with Crippen LogP contribution in [0.1, 0.15) is 12.6 Å². The summed E-state index contributed by atoms with van der Waals surface area (Å²) in [6.07, 6.45) is -4.20. The van der Waals surface area contributed by atoms with E-state index in [4.69, 9.17) is 19.6 Å². The van der Waals surface area contributed by atoms with E-state index in [-0.39, 0.29) is 135 Å². The van der Waals surface area contributed by atoms with Gasteiger partial charge in [-0.2, -0.15) is 0 Å². The molecule has 5 atom stereocenters. The maximum absolute atomic E-state index is 11.3. The number of hydrogen-bond donors (Lipinski definition) is 7. The van der Waals surface area contributed by atoms with Crippen LogP contribution in [0.25, 0.3) is 11.2 Å². The first kappa shape index (κ1) is 38.4. The number of fused-ring (bicyclic) bond motifs is 1. The first-order valence-electron chi connectivity index (χ1n) is 8.58. The Bertz CT molecular complexity index is 1040. The molecule has 1 fully saturated rings. The molecule has 2 aromatic rings. The minimum absolute atomic E-state index is 0. The molecule has 0 saturated carbocycles. The molecule has 3 rings (SSSR count). The van der Waals surface area contributed by atoms with Gasteiger partial charge in [-0.1, -0.05) is 0 Å². The molecule has 16 nitrogen and oxygen atoms in total. The number of anilines is 1. The van der Waals surface area contributed by atoms with Gasteiger partial charge in [0.25, 0.3) is 0 Å². The molecule has 174 valence electrons. The normalized spacial score (nSPS) is 22.1. The number of aliphatic hydroxyl groups is 2. The Hall–Kier alpha value is 1.28. The summed E-state index contributed by atoms with van der Waals surface area (Å²) in [7, 11) is -4.83. The van der Waals surface area contributed by atoms with Crippen molar-refractivity contribution in [1.82, 2.24) is 19.5 Å². The Morgan fingerprint density at radius 2 is 1.74 bits per heavy atom. The van der Waals surface area contributed by atoms with Crippen molar-refractivity contribution in [2.45, 2.75) is 37.0 Å². The van der Waals surface area contributed by atoms with Crippen molar-refractivity contribution in [3.8, 4) is 0 Å². The number of nitrogens with zero attached hydrogens (tertiary/aromatic N) is 4. The Labute approximate surface area is 286 Å². The number of hydrogen-bond acceptors (Lipinski definition) is 11. The molecule has 0 aliphatic carbocycles. The van der Waals surface area contributed by atoms with Crippen molar-refractivity contribution in [2.75, 3.05) is 11.9 Å². The van der Waals surface area contributed by atoms with Crippen molar-refractivity contribution < 1.29 is 53.6 Å². The summed E-state index contributed by atoms with van der Waals surface area (Å²) in [5, 5.41) is 40.9. The summed E-state index contributed by atoms with van der Waals surface area (Å²) in [5.74, 6) is -2.87. The van der Waals surface area contributed by atoms with E-state index in [1.807, 2.05) is 0 Å². The largest absolute Gasteiger partial charge is 0.481 e. The topological polar surface area (TPSA) is 247 Å². The summed E-state index contributed by atoms with van der Waals surface area (Å²) in [5.41, 5.74) is 0.0733. The summed E-state index contributed by atoms with van der Waals surface area (Å²) < 4.78 is 21.8. The van der Waals surface area contributed by atoms with Gasteiger partial charge in [-0.25, -0.2) is 24.3 Å². The zero-order chi connectivity index (χ0) is 22.9. The van der Waals surface area contributed by atoms with Gasteiger partial charge >= 0.3 is 19.8 Å². The molecular weight excluding hydrogens is 537 g/mol. The molecule has 0 bridgehead atoms. The van der Waals surface area contributed by atoms with E-state index >= 15 is 0 Å². The number of carboxylic acid groups (broad SMARTS) is 2. The number of nitrogens with one attached hydrogen (secondary N) is 1. The van der Waals surface area contributed by atoms with Gasteiger partial charge in [0.2, 0.25) is 0 Å². The summed E-state index contributed by atoms with van der Waals surface area (Å²) in [4.78, 5) is 51.6. The zero-order valence-electron chi connectivity index (χ0n) is 19.4. The molecule has 7 N–H and O–H groups in total. The number of phosphoric ester groups is 1. The third kappa shape index (κ3) is 10.1. The molecule has 21 heteroatoms. The number of rotatable bonds is 9. The Morgan fingerprint density at radius 1 is 1.11 bits per heavy atom. The maximum Gasteiger partial charge on any atom is 0.469 e. The molecule has 3 heterocycles. The van der Waals surface area contributed by atoms with Gasteiger partial charge < -0.3 is 40.3 Å². The Balaban J connectivity index is 0. The van der Waals surface area contributed by atoms with Crippen molar-refractivity contribution in [2.24, 2.45) is 0 Å². The van der Waals surface area contributed by atoms with Gasteiger partial charge in [-0.15, -0.1) is 0 Å². The van der Waals surface area contributed by atoms with Crippen LogP contribution < -0.4 is 5.32 Å². The van der Waals surface area contributed by atoms with Gasteiger partial charge in [0.15, 0.2) is 23.2 Å². The van der Waals surface area contributed by atoms with Crippen LogP contribution in [0.2, 0.25) is 0 Å². The van der Waals surface area contributed by atoms with Crippen molar-refractivity contribution >= 4 is 155 Å². The minimum atomic E-state index is -4.83. The predicted octanol–water partition coefficient (Wildman–Crippen LogP) is -3.63. The molecule has 0 spiro atoms. The molecule has 0 unspecified atom stereocenters.